The minimum Gasteiger partial charge on any atom is -0.508 e. The van der Waals surface area contributed by atoms with E-state index in [1.54, 1.807) is 24.5 Å². The van der Waals surface area contributed by atoms with Crippen LogP contribution in [-0.2, 0) is 0 Å². The zero-order valence-electron chi connectivity index (χ0n) is 10.7. The summed E-state index contributed by atoms with van der Waals surface area (Å²) in [6, 6.07) is 9.65. The summed E-state index contributed by atoms with van der Waals surface area (Å²) in [4.78, 5) is 4.02. The van der Waals surface area contributed by atoms with Crippen molar-refractivity contribution in [2.45, 2.75) is 19.0 Å². The van der Waals surface area contributed by atoms with Gasteiger partial charge < -0.3 is 15.2 Å². The highest BCUT2D eigenvalue weighted by Gasteiger charge is 2.25. The number of fused-ring (bicyclic) bond motifs is 1. The second kappa shape index (κ2) is 4.90. The molecule has 0 fully saturated rings. The molecule has 1 aromatic heterocycles. The van der Waals surface area contributed by atoms with E-state index in [0.29, 0.717) is 6.61 Å². The van der Waals surface area contributed by atoms with Gasteiger partial charge in [0.25, 0.3) is 0 Å². The van der Waals surface area contributed by atoms with Gasteiger partial charge in [-0.05, 0) is 36.8 Å². The van der Waals surface area contributed by atoms with Crippen LogP contribution in [0, 0.1) is 0 Å². The molecule has 1 unspecified atom stereocenters. The van der Waals surface area contributed by atoms with Crippen LogP contribution in [0.15, 0.2) is 42.7 Å². The molecule has 0 aliphatic carbocycles. The molecule has 19 heavy (non-hydrogen) atoms. The average molecular weight is 256 g/mol. The summed E-state index contributed by atoms with van der Waals surface area (Å²) >= 11 is 0. The van der Waals surface area contributed by atoms with E-state index in [9.17, 15) is 5.11 Å². The molecule has 0 saturated heterocycles. The van der Waals surface area contributed by atoms with Crippen molar-refractivity contribution in [2.24, 2.45) is 0 Å². The second-order valence-electron chi connectivity index (χ2n) is 4.75. The summed E-state index contributed by atoms with van der Waals surface area (Å²) in [6.45, 7) is 2.71. The van der Waals surface area contributed by atoms with E-state index >= 15 is 0 Å². The molecule has 1 aromatic carbocycles. The summed E-state index contributed by atoms with van der Waals surface area (Å²) in [5.41, 5.74) is 2.29. The number of hydrogen-bond donors (Lipinski definition) is 2. The van der Waals surface area contributed by atoms with Crippen LogP contribution in [-0.4, -0.2) is 16.7 Å². The molecular formula is C15H16N2O2. The molecule has 98 valence electrons. The molecule has 2 atom stereocenters. The Labute approximate surface area is 112 Å². The molecule has 2 aromatic rings. The van der Waals surface area contributed by atoms with E-state index in [1.165, 1.54) is 5.56 Å². The van der Waals surface area contributed by atoms with Gasteiger partial charge in [0.1, 0.15) is 18.1 Å². The lowest BCUT2D eigenvalue weighted by Crippen LogP contribution is -2.25. The van der Waals surface area contributed by atoms with Crippen molar-refractivity contribution in [2.75, 3.05) is 6.61 Å². The number of ether oxygens (including phenoxy) is 1. The van der Waals surface area contributed by atoms with Gasteiger partial charge in [0.2, 0.25) is 0 Å². The minimum absolute atomic E-state index is 0.152. The third-order valence-electron chi connectivity index (χ3n) is 3.44. The van der Waals surface area contributed by atoms with Crippen molar-refractivity contribution >= 4 is 0 Å². The van der Waals surface area contributed by atoms with Crippen molar-refractivity contribution in [3.05, 3.63) is 53.9 Å². The van der Waals surface area contributed by atoms with Crippen molar-refractivity contribution < 1.29 is 9.84 Å². The zero-order chi connectivity index (χ0) is 13.2. The average Bonchev–Trinajstić information content (AvgIpc) is 2.82. The number of nitrogens with zero attached hydrogens (tertiary/aromatic N) is 1. The van der Waals surface area contributed by atoms with Gasteiger partial charge in [-0.2, -0.15) is 0 Å². The van der Waals surface area contributed by atoms with Gasteiger partial charge in [-0.3, -0.25) is 4.98 Å². The van der Waals surface area contributed by atoms with E-state index < -0.39 is 0 Å². The van der Waals surface area contributed by atoms with Crippen LogP contribution in [0.2, 0.25) is 0 Å². The second-order valence-corrected chi connectivity index (χ2v) is 4.75. The maximum atomic E-state index is 9.44. The molecule has 0 radical (unpaired) electrons. The molecule has 0 bridgehead atoms. The Morgan fingerprint density at radius 1 is 1.32 bits per heavy atom. The zero-order valence-corrected chi connectivity index (χ0v) is 10.7. The predicted molar refractivity (Wildman–Crippen MR) is 72.1 cm³/mol. The SMILES string of the molecule is C[C@@H](NC1COc2cc(O)ccc21)c1ccncc1. The number of phenolic OH excluding ortho intramolecular Hbond substituents is 1. The third kappa shape index (κ3) is 2.39. The first-order chi connectivity index (χ1) is 9.24. The summed E-state index contributed by atoms with van der Waals surface area (Å²) in [5, 5.41) is 13.0. The third-order valence-corrected chi connectivity index (χ3v) is 3.44. The number of rotatable bonds is 3. The fourth-order valence-corrected chi connectivity index (χ4v) is 2.39. The van der Waals surface area contributed by atoms with E-state index in [4.69, 9.17) is 4.74 Å². The molecule has 2 N–H and O–H groups in total. The fraction of sp³-hybridized carbons (Fsp3) is 0.267. The predicted octanol–water partition coefficient (Wildman–Crippen LogP) is 2.57. The highest BCUT2D eigenvalue weighted by atomic mass is 16.5. The molecule has 0 saturated carbocycles. The van der Waals surface area contributed by atoms with E-state index in [0.717, 1.165) is 11.3 Å². The lowest BCUT2D eigenvalue weighted by Gasteiger charge is -2.19. The molecule has 1 aliphatic rings. The van der Waals surface area contributed by atoms with Crippen LogP contribution in [0.4, 0.5) is 0 Å². The number of aromatic nitrogens is 1. The van der Waals surface area contributed by atoms with Crippen LogP contribution < -0.4 is 10.1 Å². The lowest BCUT2D eigenvalue weighted by atomic mass is 10.1. The Morgan fingerprint density at radius 3 is 2.89 bits per heavy atom. The van der Waals surface area contributed by atoms with Crippen LogP contribution in [0.5, 0.6) is 11.5 Å². The monoisotopic (exact) mass is 256 g/mol. The molecule has 2 heterocycles. The highest BCUT2D eigenvalue weighted by Crippen LogP contribution is 2.35. The summed E-state index contributed by atoms with van der Waals surface area (Å²) in [5.74, 6) is 1.00. The Hall–Kier alpha value is -2.07. The maximum Gasteiger partial charge on any atom is 0.127 e. The standard InChI is InChI=1S/C15H16N2O2/c1-10(11-4-6-16-7-5-11)17-14-9-19-15-8-12(18)2-3-13(14)15/h2-8,10,14,17-18H,9H2,1H3/t10-,14?/m1/s1. The van der Waals surface area contributed by atoms with Gasteiger partial charge >= 0.3 is 0 Å². The van der Waals surface area contributed by atoms with Crippen LogP contribution in [0.1, 0.15) is 30.1 Å². The number of aromatic hydroxyl groups is 1. The molecule has 4 nitrogen and oxygen atoms in total. The smallest absolute Gasteiger partial charge is 0.127 e. The quantitative estimate of drug-likeness (QED) is 0.886. The van der Waals surface area contributed by atoms with Gasteiger partial charge in [-0.25, -0.2) is 0 Å². The van der Waals surface area contributed by atoms with Gasteiger partial charge in [0.15, 0.2) is 0 Å². The molecule has 0 spiro atoms. The number of nitrogens with one attached hydrogen (secondary N) is 1. The summed E-state index contributed by atoms with van der Waals surface area (Å²) in [7, 11) is 0. The fourth-order valence-electron chi connectivity index (χ4n) is 2.39. The maximum absolute atomic E-state index is 9.44. The van der Waals surface area contributed by atoms with Crippen molar-refractivity contribution in [3.8, 4) is 11.5 Å². The minimum atomic E-state index is 0.152. The molecule has 1 aliphatic heterocycles. The summed E-state index contributed by atoms with van der Waals surface area (Å²) in [6.07, 6.45) is 3.59. The molecule has 4 heteroatoms. The number of pyridine rings is 1. The Balaban J connectivity index is 1.76. The van der Waals surface area contributed by atoms with Gasteiger partial charge in [0, 0.05) is 30.1 Å². The first-order valence-corrected chi connectivity index (χ1v) is 6.36. The Kier molecular flexibility index (Phi) is 3.09. The highest BCUT2D eigenvalue weighted by molar-refractivity contribution is 5.44. The normalized spacial score (nSPS) is 18.7. The number of benzene rings is 1. The van der Waals surface area contributed by atoms with Crippen LogP contribution in [0.3, 0.4) is 0 Å². The van der Waals surface area contributed by atoms with E-state index in [2.05, 4.69) is 17.2 Å². The van der Waals surface area contributed by atoms with Gasteiger partial charge in [-0.1, -0.05) is 0 Å². The van der Waals surface area contributed by atoms with Crippen molar-refractivity contribution in [3.63, 3.8) is 0 Å². The van der Waals surface area contributed by atoms with Crippen molar-refractivity contribution in [1.29, 1.82) is 0 Å². The Bertz CT molecular complexity index is 572. The van der Waals surface area contributed by atoms with E-state index in [-0.39, 0.29) is 17.8 Å². The first-order valence-electron chi connectivity index (χ1n) is 6.36. The topological polar surface area (TPSA) is 54.4 Å². The Morgan fingerprint density at radius 2 is 2.11 bits per heavy atom. The molecule has 0 amide bonds. The van der Waals surface area contributed by atoms with E-state index in [1.807, 2.05) is 18.2 Å². The van der Waals surface area contributed by atoms with Gasteiger partial charge in [0.05, 0.1) is 6.04 Å². The largest absolute Gasteiger partial charge is 0.508 e. The molecule has 3 rings (SSSR count). The molecular weight excluding hydrogens is 240 g/mol. The number of phenols is 1. The lowest BCUT2D eigenvalue weighted by molar-refractivity contribution is 0.300. The first kappa shape index (κ1) is 12.0. The van der Waals surface area contributed by atoms with Gasteiger partial charge in [-0.15, -0.1) is 0 Å². The summed E-state index contributed by atoms with van der Waals surface area (Å²) < 4.78 is 5.59. The van der Waals surface area contributed by atoms with Crippen LogP contribution >= 0.6 is 0 Å². The van der Waals surface area contributed by atoms with Crippen molar-refractivity contribution in [1.82, 2.24) is 10.3 Å². The van der Waals surface area contributed by atoms with Crippen LogP contribution in [0.25, 0.3) is 0 Å². The number of hydrogen-bond acceptors (Lipinski definition) is 4.